The third-order valence-corrected chi connectivity index (χ3v) is 2.00. The summed E-state index contributed by atoms with van der Waals surface area (Å²) in [6.07, 6.45) is 0. The fourth-order valence-corrected chi connectivity index (χ4v) is 1.15. The molecule has 0 heterocycles. The van der Waals surface area contributed by atoms with Gasteiger partial charge >= 0.3 is 0 Å². The second-order valence-electron chi connectivity index (χ2n) is 3.46. The molecule has 0 aliphatic rings. The highest BCUT2D eigenvalue weighted by molar-refractivity contribution is 5.00. The summed E-state index contributed by atoms with van der Waals surface area (Å²) in [5, 5.41) is 0. The summed E-state index contributed by atoms with van der Waals surface area (Å²) in [7, 11) is 0. The summed E-state index contributed by atoms with van der Waals surface area (Å²) in [6, 6.07) is 36.0. The van der Waals surface area contributed by atoms with Crippen LogP contribution in [0.4, 0.5) is 0 Å². The lowest BCUT2D eigenvalue weighted by molar-refractivity contribution is 1.50. The maximum absolute atomic E-state index is 2.00. The lowest BCUT2D eigenvalue weighted by Gasteiger charge is -1.69. The first kappa shape index (κ1) is 182. The number of benzene rings is 3. The van der Waals surface area contributed by atoms with E-state index in [2.05, 4.69) is 0 Å². The van der Waals surface area contributed by atoms with Crippen molar-refractivity contribution in [1.29, 1.82) is 0 Å². The van der Waals surface area contributed by atoms with Gasteiger partial charge in [-0.3, -0.25) is 0 Å². The zero-order valence-corrected chi connectivity index (χ0v) is 28.4. The van der Waals surface area contributed by atoms with Crippen LogP contribution in [0.25, 0.3) is 0 Å². The average molecular weight is 746 g/mol. The maximum Gasteiger partial charge on any atom is -0.0623 e. The van der Waals surface area contributed by atoms with Crippen molar-refractivity contribution >= 4 is 0 Å². The number of hydrogen-bond donors (Lipinski definition) is 0. The first-order valence-corrected chi connectivity index (χ1v) is 15.0. The van der Waals surface area contributed by atoms with Crippen LogP contribution in [0.3, 0.4) is 0 Å². The van der Waals surface area contributed by atoms with Crippen LogP contribution in [0.5, 0.6) is 0 Å². The van der Waals surface area contributed by atoms with E-state index in [-0.39, 0.29) is 111 Å². The Labute approximate surface area is 344 Å². The average Bonchev–Trinajstić information content (AvgIpc) is 3.09. The molecule has 0 saturated carbocycles. The highest BCUT2D eigenvalue weighted by atomic mass is 13.7. The normalized spacial score (nSPS) is 3.88. The van der Waals surface area contributed by atoms with Crippen LogP contribution in [0.15, 0.2) is 109 Å². The fraction of sp³-hybridized carbons (Fsp3) is 0.647. The molecule has 0 radical (unpaired) electrons. The highest BCUT2D eigenvalue weighted by Gasteiger charge is 1.59. The summed E-state index contributed by atoms with van der Waals surface area (Å²) in [6.45, 7) is 36.0. The fourth-order valence-electron chi connectivity index (χ4n) is 1.15. The molecule has 3 aromatic rings. The minimum Gasteiger partial charge on any atom is -0.0776 e. The Bertz CT molecular complexity index is 291. The molecule has 3 aromatic carbocycles. The van der Waals surface area contributed by atoms with Gasteiger partial charge in [-0.05, 0) is 0 Å². The van der Waals surface area contributed by atoms with E-state index in [0.717, 1.165) is 0 Å². The van der Waals surface area contributed by atoms with Crippen molar-refractivity contribution in [2.24, 2.45) is 0 Å². The number of rotatable bonds is 0. The maximum atomic E-state index is 2.00. The monoisotopic (exact) mass is 745 g/mol. The quantitative estimate of drug-likeness (QED) is 0.215. The van der Waals surface area contributed by atoms with E-state index < -0.39 is 0 Å². The molecule has 51 heavy (non-hydrogen) atoms. The Balaban J connectivity index is -0.00000000716. The molecule has 0 spiro atoms. The van der Waals surface area contributed by atoms with Crippen molar-refractivity contribution in [3.63, 3.8) is 0 Å². The zero-order valence-electron chi connectivity index (χ0n) is 28.4. The van der Waals surface area contributed by atoms with Gasteiger partial charge in [0, 0.05) is 0 Å². The van der Waals surface area contributed by atoms with E-state index in [1.54, 1.807) is 0 Å². The van der Waals surface area contributed by atoms with Crippen LogP contribution in [-0.2, 0) is 0 Å². The third-order valence-electron chi connectivity index (χ3n) is 2.00. The molecule has 0 saturated heterocycles. The Morgan fingerprint density at radius 2 is 0.118 bits per heavy atom. The van der Waals surface area contributed by atoms with Crippen molar-refractivity contribution in [2.75, 3.05) is 0 Å². The molecule has 0 N–H and O–H groups in total. The lowest BCUT2D eigenvalue weighted by atomic mass is 10.4. The van der Waals surface area contributed by atoms with Crippen molar-refractivity contribution in [3.8, 4) is 0 Å². The van der Waals surface area contributed by atoms with Gasteiger partial charge in [-0.2, -0.15) is 0 Å². The van der Waals surface area contributed by atoms with Gasteiger partial charge in [-0.1, -0.05) is 345 Å². The predicted molar refractivity (Wildman–Crippen MR) is 282 cm³/mol. The highest BCUT2D eigenvalue weighted by Crippen LogP contribution is 1.81. The molecular weight excluding hydrogens is 613 g/mol. The molecule has 336 valence electrons. The van der Waals surface area contributed by atoms with Crippen molar-refractivity contribution in [2.45, 2.75) is 236 Å². The molecule has 0 bridgehead atoms. The third kappa shape index (κ3) is 405. The van der Waals surface area contributed by atoms with Crippen LogP contribution in [0.2, 0.25) is 0 Å². The van der Waals surface area contributed by atoms with Crippen molar-refractivity contribution < 1.29 is 0 Å². The molecule has 0 aromatic heterocycles. The van der Waals surface area contributed by atoms with Gasteiger partial charge in [0.05, 0.1) is 0 Å². The van der Waals surface area contributed by atoms with E-state index >= 15 is 0 Å². The standard InChI is InChI=1S/3C6H6.9C2H6.15CH4/c3*1-2-4-6-5-3-1;9*1-2;;;;;;;;;;;;;;;/h3*1-6H;9*1-2H3;15*1H4. The van der Waals surface area contributed by atoms with Gasteiger partial charge in [0.25, 0.3) is 0 Å². The second kappa shape index (κ2) is 423. The van der Waals surface area contributed by atoms with E-state index in [4.69, 9.17) is 0 Å². The van der Waals surface area contributed by atoms with Gasteiger partial charge in [-0.15, -0.1) is 0 Å². The smallest absolute Gasteiger partial charge is 0.0623 e. The molecule has 0 aliphatic carbocycles. The van der Waals surface area contributed by atoms with Crippen molar-refractivity contribution in [3.05, 3.63) is 109 Å². The molecular formula is C51H132. The van der Waals surface area contributed by atoms with Crippen LogP contribution in [-0.4, -0.2) is 0 Å². The molecule has 0 aliphatic heterocycles. The number of hydrogen-bond acceptors (Lipinski definition) is 0. The van der Waals surface area contributed by atoms with Gasteiger partial charge in [-0.25, -0.2) is 0 Å². The van der Waals surface area contributed by atoms with E-state index in [1.165, 1.54) is 0 Å². The Morgan fingerprint density at radius 1 is 0.0980 bits per heavy atom. The van der Waals surface area contributed by atoms with Crippen LogP contribution in [0.1, 0.15) is 236 Å². The summed E-state index contributed by atoms with van der Waals surface area (Å²) >= 11 is 0. The second-order valence-corrected chi connectivity index (χ2v) is 3.46. The SMILES string of the molecule is C.C.C.C.C.C.C.C.C.C.C.C.C.C.C.CC.CC.CC.CC.CC.CC.CC.CC.CC.c1ccccc1.c1ccccc1.c1ccccc1. The van der Waals surface area contributed by atoms with E-state index in [0.29, 0.717) is 0 Å². The first-order chi connectivity index (χ1) is 18.0. The lowest BCUT2D eigenvalue weighted by Crippen LogP contribution is -1.47. The summed E-state index contributed by atoms with van der Waals surface area (Å²) in [5.41, 5.74) is 0. The Hall–Kier alpha value is -2.34. The van der Waals surface area contributed by atoms with Crippen LogP contribution >= 0.6 is 0 Å². The molecule has 3 rings (SSSR count). The van der Waals surface area contributed by atoms with Crippen LogP contribution in [0, 0.1) is 0 Å². The summed E-state index contributed by atoms with van der Waals surface area (Å²) in [4.78, 5) is 0. The first-order valence-electron chi connectivity index (χ1n) is 15.0. The van der Waals surface area contributed by atoms with Gasteiger partial charge in [0.1, 0.15) is 0 Å². The zero-order chi connectivity index (χ0) is 30.7. The molecule has 0 nitrogen and oxygen atoms in total. The summed E-state index contributed by atoms with van der Waals surface area (Å²) < 4.78 is 0. The molecule has 0 amide bonds. The molecule has 0 atom stereocenters. The minimum atomic E-state index is 0. The van der Waals surface area contributed by atoms with Gasteiger partial charge in [0.2, 0.25) is 0 Å². The Morgan fingerprint density at radius 3 is 0.137 bits per heavy atom. The Kier molecular flexibility index (Phi) is 1510. The summed E-state index contributed by atoms with van der Waals surface area (Å²) in [5.74, 6) is 0. The minimum absolute atomic E-state index is 0. The van der Waals surface area contributed by atoms with Crippen LogP contribution < -0.4 is 0 Å². The molecule has 0 unspecified atom stereocenters. The largest absolute Gasteiger partial charge is 0.0776 e. The molecule has 0 heteroatoms. The van der Waals surface area contributed by atoms with Gasteiger partial charge in [0.15, 0.2) is 0 Å². The van der Waals surface area contributed by atoms with E-state index in [9.17, 15) is 0 Å². The molecule has 0 fully saturated rings. The topological polar surface area (TPSA) is 0 Å². The van der Waals surface area contributed by atoms with E-state index in [1.807, 2.05) is 234 Å². The van der Waals surface area contributed by atoms with Crippen molar-refractivity contribution in [1.82, 2.24) is 0 Å². The predicted octanol–water partition coefficient (Wildman–Crippen LogP) is 23.8. The van der Waals surface area contributed by atoms with Gasteiger partial charge < -0.3 is 0 Å².